The van der Waals surface area contributed by atoms with Crippen molar-refractivity contribution in [3.8, 4) is 11.5 Å². The van der Waals surface area contributed by atoms with Crippen LogP contribution in [0.25, 0.3) is 10.8 Å². The van der Waals surface area contributed by atoms with Gasteiger partial charge in [0.1, 0.15) is 0 Å². The molecule has 0 spiro atoms. The third-order valence-corrected chi connectivity index (χ3v) is 4.41. The van der Waals surface area contributed by atoms with Gasteiger partial charge in [0, 0.05) is 11.5 Å². The first-order chi connectivity index (χ1) is 11.5. The van der Waals surface area contributed by atoms with Crippen LogP contribution < -0.4 is 4.74 Å². The average molecular weight is 320 g/mol. The number of phenols is 1. The van der Waals surface area contributed by atoms with E-state index in [9.17, 15) is 9.90 Å². The Balaban J connectivity index is 2.06. The van der Waals surface area contributed by atoms with Crippen molar-refractivity contribution in [2.24, 2.45) is 0 Å². The highest BCUT2D eigenvalue weighted by atomic mass is 16.5. The van der Waals surface area contributed by atoms with Crippen LogP contribution in [0.2, 0.25) is 0 Å². The van der Waals surface area contributed by atoms with E-state index in [1.165, 1.54) is 7.11 Å². The first-order valence-corrected chi connectivity index (χ1v) is 7.91. The largest absolute Gasteiger partial charge is 0.504 e. The SMILES string of the molecule is COc1cc2cccc(C(C)C(=O)c3ccc(C)cc3)c2cc1O. The van der Waals surface area contributed by atoms with Crippen molar-refractivity contribution in [3.63, 3.8) is 0 Å². The zero-order chi connectivity index (χ0) is 17.3. The van der Waals surface area contributed by atoms with Gasteiger partial charge in [-0.05, 0) is 35.4 Å². The molecule has 122 valence electrons. The van der Waals surface area contributed by atoms with Gasteiger partial charge in [-0.25, -0.2) is 0 Å². The van der Waals surface area contributed by atoms with Gasteiger partial charge in [0.25, 0.3) is 0 Å². The van der Waals surface area contributed by atoms with Gasteiger partial charge in [-0.15, -0.1) is 0 Å². The lowest BCUT2D eigenvalue weighted by atomic mass is 9.88. The first kappa shape index (κ1) is 16.1. The number of ether oxygens (including phenoxy) is 1. The topological polar surface area (TPSA) is 46.5 Å². The minimum absolute atomic E-state index is 0.0674. The molecule has 3 aromatic carbocycles. The third kappa shape index (κ3) is 2.85. The smallest absolute Gasteiger partial charge is 0.170 e. The predicted molar refractivity (Wildman–Crippen MR) is 96.1 cm³/mol. The van der Waals surface area contributed by atoms with Crippen LogP contribution in [-0.4, -0.2) is 18.0 Å². The molecule has 1 N–H and O–H groups in total. The highest BCUT2D eigenvalue weighted by Crippen LogP contribution is 2.35. The minimum Gasteiger partial charge on any atom is -0.504 e. The molecule has 24 heavy (non-hydrogen) atoms. The summed E-state index contributed by atoms with van der Waals surface area (Å²) in [4.78, 5) is 12.8. The molecule has 1 atom stereocenters. The number of phenolic OH excluding ortho intramolecular Hbond substituents is 1. The number of aromatic hydroxyl groups is 1. The van der Waals surface area contributed by atoms with E-state index in [0.29, 0.717) is 11.3 Å². The van der Waals surface area contributed by atoms with E-state index >= 15 is 0 Å². The molecule has 0 amide bonds. The standard InChI is InChI=1S/C21H20O3/c1-13-7-9-15(10-8-13)21(23)14(2)17-6-4-5-16-11-20(24-3)19(22)12-18(16)17/h4-12,14,22H,1-3H3. The Morgan fingerprint density at radius 3 is 2.46 bits per heavy atom. The molecule has 0 bridgehead atoms. The Morgan fingerprint density at radius 1 is 1.08 bits per heavy atom. The number of aryl methyl sites for hydroxylation is 1. The number of Topliss-reactive ketones (excluding diaryl/α,β-unsaturated/α-hetero) is 1. The maximum Gasteiger partial charge on any atom is 0.170 e. The number of methoxy groups -OCH3 is 1. The van der Waals surface area contributed by atoms with Gasteiger partial charge in [-0.1, -0.05) is 55.0 Å². The second-order valence-corrected chi connectivity index (χ2v) is 6.04. The molecular formula is C21H20O3. The van der Waals surface area contributed by atoms with Crippen molar-refractivity contribution in [1.82, 2.24) is 0 Å². The quantitative estimate of drug-likeness (QED) is 0.699. The monoisotopic (exact) mass is 320 g/mol. The number of carbonyl (C=O) groups excluding carboxylic acids is 1. The molecule has 0 aliphatic carbocycles. The zero-order valence-corrected chi connectivity index (χ0v) is 14.0. The molecular weight excluding hydrogens is 300 g/mol. The maximum absolute atomic E-state index is 12.8. The van der Waals surface area contributed by atoms with Crippen LogP contribution >= 0.6 is 0 Å². The fraction of sp³-hybridized carbons (Fsp3) is 0.190. The van der Waals surface area contributed by atoms with E-state index in [2.05, 4.69) is 0 Å². The number of rotatable bonds is 4. The van der Waals surface area contributed by atoms with Gasteiger partial charge in [0.15, 0.2) is 17.3 Å². The number of ketones is 1. The lowest BCUT2D eigenvalue weighted by Crippen LogP contribution is -2.10. The average Bonchev–Trinajstić information content (AvgIpc) is 2.60. The van der Waals surface area contributed by atoms with Crippen molar-refractivity contribution >= 4 is 16.6 Å². The molecule has 3 heteroatoms. The van der Waals surface area contributed by atoms with Gasteiger partial charge in [0.2, 0.25) is 0 Å². The lowest BCUT2D eigenvalue weighted by molar-refractivity contribution is 0.0966. The molecule has 0 radical (unpaired) electrons. The normalized spacial score (nSPS) is 12.1. The molecule has 3 rings (SSSR count). The molecule has 3 nitrogen and oxygen atoms in total. The van der Waals surface area contributed by atoms with Gasteiger partial charge in [-0.3, -0.25) is 4.79 Å². The molecule has 0 saturated heterocycles. The number of hydrogen-bond donors (Lipinski definition) is 1. The van der Waals surface area contributed by atoms with Crippen molar-refractivity contribution < 1.29 is 14.6 Å². The summed E-state index contributed by atoms with van der Waals surface area (Å²) in [6, 6.07) is 16.9. The molecule has 0 heterocycles. The molecule has 3 aromatic rings. The molecule has 1 unspecified atom stereocenters. The van der Waals surface area contributed by atoms with Gasteiger partial charge >= 0.3 is 0 Å². The van der Waals surface area contributed by atoms with Gasteiger partial charge in [0.05, 0.1) is 7.11 Å². The second kappa shape index (κ2) is 6.36. The second-order valence-electron chi connectivity index (χ2n) is 6.04. The Kier molecular flexibility index (Phi) is 4.26. The van der Waals surface area contributed by atoms with E-state index in [0.717, 1.165) is 21.9 Å². The Hall–Kier alpha value is -2.81. The van der Waals surface area contributed by atoms with Crippen LogP contribution in [0.3, 0.4) is 0 Å². The third-order valence-electron chi connectivity index (χ3n) is 4.41. The Morgan fingerprint density at radius 2 is 1.79 bits per heavy atom. The first-order valence-electron chi connectivity index (χ1n) is 7.91. The minimum atomic E-state index is -0.302. The number of fused-ring (bicyclic) bond motifs is 1. The summed E-state index contributed by atoms with van der Waals surface area (Å²) in [6.45, 7) is 3.90. The van der Waals surface area contributed by atoms with Crippen molar-refractivity contribution in [1.29, 1.82) is 0 Å². The highest BCUT2D eigenvalue weighted by molar-refractivity contribution is 6.03. The van der Waals surface area contributed by atoms with Crippen LogP contribution in [0.1, 0.15) is 34.3 Å². The molecule has 0 aliphatic rings. The Bertz CT molecular complexity index is 895. The molecule has 0 fully saturated rings. The van der Waals surface area contributed by atoms with E-state index in [-0.39, 0.29) is 17.5 Å². The summed E-state index contributed by atoms with van der Waals surface area (Å²) in [5.41, 5.74) is 2.72. The molecule has 0 saturated carbocycles. The summed E-state index contributed by atoms with van der Waals surface area (Å²) >= 11 is 0. The fourth-order valence-corrected chi connectivity index (χ4v) is 2.97. The van der Waals surface area contributed by atoms with Gasteiger partial charge < -0.3 is 9.84 Å². The van der Waals surface area contributed by atoms with Crippen LogP contribution in [0.15, 0.2) is 54.6 Å². The maximum atomic E-state index is 12.8. The van der Waals surface area contributed by atoms with E-state index in [1.54, 1.807) is 12.1 Å². The zero-order valence-electron chi connectivity index (χ0n) is 14.0. The molecule has 0 aromatic heterocycles. The lowest BCUT2D eigenvalue weighted by Gasteiger charge is -2.15. The van der Waals surface area contributed by atoms with E-state index in [4.69, 9.17) is 4.74 Å². The van der Waals surface area contributed by atoms with Crippen molar-refractivity contribution in [3.05, 3.63) is 71.3 Å². The van der Waals surface area contributed by atoms with Crippen molar-refractivity contribution in [2.75, 3.05) is 7.11 Å². The van der Waals surface area contributed by atoms with Gasteiger partial charge in [-0.2, -0.15) is 0 Å². The summed E-state index contributed by atoms with van der Waals surface area (Å²) in [5, 5.41) is 11.9. The van der Waals surface area contributed by atoms with Crippen LogP contribution in [0, 0.1) is 6.92 Å². The predicted octanol–water partition coefficient (Wildman–Crippen LogP) is 4.85. The van der Waals surface area contributed by atoms with E-state index in [1.807, 2.05) is 56.3 Å². The van der Waals surface area contributed by atoms with Crippen LogP contribution in [0.5, 0.6) is 11.5 Å². The number of carbonyl (C=O) groups is 1. The number of hydrogen-bond acceptors (Lipinski definition) is 3. The van der Waals surface area contributed by atoms with Crippen molar-refractivity contribution in [2.45, 2.75) is 19.8 Å². The number of benzene rings is 3. The summed E-state index contributed by atoms with van der Waals surface area (Å²) in [7, 11) is 1.52. The Labute approximate surface area is 141 Å². The summed E-state index contributed by atoms with van der Waals surface area (Å²) < 4.78 is 5.16. The fourth-order valence-electron chi connectivity index (χ4n) is 2.97. The molecule has 0 aliphatic heterocycles. The summed E-state index contributed by atoms with van der Waals surface area (Å²) in [6.07, 6.45) is 0. The highest BCUT2D eigenvalue weighted by Gasteiger charge is 2.20. The summed E-state index contributed by atoms with van der Waals surface area (Å²) in [5.74, 6) is 0.270. The van der Waals surface area contributed by atoms with Crippen LogP contribution in [0.4, 0.5) is 0 Å². The van der Waals surface area contributed by atoms with Crippen LogP contribution in [-0.2, 0) is 0 Å². The van der Waals surface area contributed by atoms with E-state index < -0.39 is 0 Å².